The van der Waals surface area contributed by atoms with Gasteiger partial charge in [0.1, 0.15) is 5.75 Å². The number of nitrogens with zero attached hydrogens (tertiary/aromatic N) is 1. The minimum atomic E-state index is -0.757. The maximum Gasteiger partial charge on any atom is 0.282 e. The first-order chi connectivity index (χ1) is 9.20. The number of morpholine rings is 1. The Hall–Kier alpha value is -1.88. The van der Waals surface area contributed by atoms with Crippen molar-refractivity contribution in [2.75, 3.05) is 33.4 Å². The lowest BCUT2D eigenvalue weighted by atomic mass is 10.2. The van der Waals surface area contributed by atoms with Crippen LogP contribution in [0.5, 0.6) is 5.75 Å². The highest BCUT2D eigenvalue weighted by Crippen LogP contribution is 2.16. The van der Waals surface area contributed by atoms with Gasteiger partial charge in [-0.15, -0.1) is 0 Å². The van der Waals surface area contributed by atoms with Gasteiger partial charge in [-0.2, -0.15) is 0 Å². The molecule has 0 N–H and O–H groups in total. The molecule has 0 bridgehead atoms. The summed E-state index contributed by atoms with van der Waals surface area (Å²) in [5, 5.41) is 0. The molecule has 0 aliphatic carbocycles. The monoisotopic (exact) mass is 265 g/mol. The van der Waals surface area contributed by atoms with Gasteiger partial charge in [-0.05, 0) is 23.8 Å². The molecule has 5 heteroatoms. The van der Waals surface area contributed by atoms with Crippen molar-refractivity contribution in [1.29, 1.82) is 0 Å². The molecule has 0 radical (unpaired) electrons. The van der Waals surface area contributed by atoms with Crippen molar-refractivity contribution in [1.82, 2.24) is 4.90 Å². The number of halogens is 1. The minimum Gasteiger partial charge on any atom is -0.497 e. The molecule has 1 aromatic rings. The molecule has 1 aliphatic rings. The Bertz CT molecular complexity index is 464. The van der Waals surface area contributed by atoms with Crippen LogP contribution in [0.25, 0.3) is 6.08 Å². The van der Waals surface area contributed by atoms with Gasteiger partial charge in [-0.25, -0.2) is 4.39 Å². The molecule has 4 nitrogen and oxygen atoms in total. The van der Waals surface area contributed by atoms with Crippen molar-refractivity contribution in [2.45, 2.75) is 0 Å². The molecule has 1 amide bonds. The molecule has 0 saturated carbocycles. The van der Waals surface area contributed by atoms with Crippen molar-refractivity contribution in [2.24, 2.45) is 0 Å². The van der Waals surface area contributed by atoms with Crippen LogP contribution in [0.4, 0.5) is 4.39 Å². The molecule has 1 aliphatic heterocycles. The van der Waals surface area contributed by atoms with E-state index in [9.17, 15) is 9.18 Å². The number of hydrogen-bond acceptors (Lipinski definition) is 3. The standard InChI is InChI=1S/C14H16FNO3/c1-18-12-4-2-11(3-5-12)10-13(15)14(17)16-6-8-19-9-7-16/h2-5,10H,6-9H2,1H3/b13-10-. The molecule has 0 atom stereocenters. The van der Waals surface area contributed by atoms with Crippen molar-refractivity contribution in [3.05, 3.63) is 35.7 Å². The quantitative estimate of drug-likeness (QED) is 0.783. The fourth-order valence-electron chi connectivity index (χ4n) is 1.83. The predicted octanol–water partition coefficient (Wildman–Crippen LogP) is 1.86. The lowest BCUT2D eigenvalue weighted by Crippen LogP contribution is -2.40. The van der Waals surface area contributed by atoms with Gasteiger partial charge >= 0.3 is 0 Å². The first-order valence-electron chi connectivity index (χ1n) is 6.09. The van der Waals surface area contributed by atoms with Gasteiger partial charge in [0, 0.05) is 13.1 Å². The highest BCUT2D eigenvalue weighted by Gasteiger charge is 2.20. The molecule has 0 unspecified atom stereocenters. The van der Waals surface area contributed by atoms with E-state index in [1.165, 1.54) is 11.0 Å². The maximum atomic E-state index is 13.8. The van der Waals surface area contributed by atoms with Gasteiger partial charge in [0.15, 0.2) is 5.83 Å². The van der Waals surface area contributed by atoms with Crippen molar-refractivity contribution in [3.63, 3.8) is 0 Å². The number of carbonyl (C=O) groups excluding carboxylic acids is 1. The zero-order valence-corrected chi connectivity index (χ0v) is 10.8. The van der Waals surface area contributed by atoms with Crippen LogP contribution in [-0.2, 0) is 9.53 Å². The SMILES string of the molecule is COc1ccc(/C=C(\F)C(=O)N2CCOCC2)cc1. The molecular formula is C14H16FNO3. The fraction of sp³-hybridized carbons (Fsp3) is 0.357. The highest BCUT2D eigenvalue weighted by atomic mass is 19.1. The van der Waals surface area contributed by atoms with Crippen LogP contribution in [0.2, 0.25) is 0 Å². The molecule has 0 aromatic heterocycles. The predicted molar refractivity (Wildman–Crippen MR) is 69.5 cm³/mol. The van der Waals surface area contributed by atoms with E-state index in [1.54, 1.807) is 31.4 Å². The van der Waals surface area contributed by atoms with Crippen LogP contribution in [-0.4, -0.2) is 44.2 Å². The van der Waals surface area contributed by atoms with E-state index in [4.69, 9.17) is 9.47 Å². The molecule has 19 heavy (non-hydrogen) atoms. The Morgan fingerprint density at radius 1 is 1.32 bits per heavy atom. The fourth-order valence-corrected chi connectivity index (χ4v) is 1.83. The first kappa shape index (κ1) is 13.5. The minimum absolute atomic E-state index is 0.433. The van der Waals surface area contributed by atoms with Crippen molar-refractivity contribution < 1.29 is 18.7 Å². The zero-order valence-electron chi connectivity index (χ0n) is 10.8. The molecule has 1 saturated heterocycles. The van der Waals surface area contributed by atoms with E-state index in [2.05, 4.69) is 0 Å². The molecular weight excluding hydrogens is 249 g/mol. The summed E-state index contributed by atoms with van der Waals surface area (Å²) in [6, 6.07) is 6.84. The summed E-state index contributed by atoms with van der Waals surface area (Å²) in [6.45, 7) is 1.79. The van der Waals surface area contributed by atoms with Gasteiger partial charge in [-0.3, -0.25) is 4.79 Å². The summed E-state index contributed by atoms with van der Waals surface area (Å²) >= 11 is 0. The second-order valence-corrected chi connectivity index (χ2v) is 4.17. The molecule has 0 spiro atoms. The first-order valence-corrected chi connectivity index (χ1v) is 6.09. The summed E-state index contributed by atoms with van der Waals surface area (Å²) in [7, 11) is 1.56. The maximum absolute atomic E-state index is 13.8. The van der Waals surface area contributed by atoms with Gasteiger partial charge < -0.3 is 14.4 Å². The second-order valence-electron chi connectivity index (χ2n) is 4.17. The van der Waals surface area contributed by atoms with Crippen LogP contribution in [0.15, 0.2) is 30.1 Å². The van der Waals surface area contributed by atoms with Gasteiger partial charge in [0.05, 0.1) is 20.3 Å². The number of benzene rings is 1. The van der Waals surface area contributed by atoms with Crippen molar-refractivity contribution in [3.8, 4) is 5.75 Å². The average Bonchev–Trinajstić information content (AvgIpc) is 2.48. The third kappa shape index (κ3) is 3.54. The highest BCUT2D eigenvalue weighted by molar-refractivity contribution is 5.95. The number of amides is 1. The Morgan fingerprint density at radius 2 is 1.95 bits per heavy atom. The zero-order chi connectivity index (χ0) is 13.7. The number of methoxy groups -OCH3 is 1. The van der Waals surface area contributed by atoms with Crippen LogP contribution in [0, 0.1) is 0 Å². The largest absolute Gasteiger partial charge is 0.497 e. The van der Waals surface area contributed by atoms with Crippen molar-refractivity contribution >= 4 is 12.0 Å². The normalized spacial score (nSPS) is 16.3. The van der Waals surface area contributed by atoms with E-state index >= 15 is 0 Å². The second kappa shape index (κ2) is 6.33. The van der Waals surface area contributed by atoms with E-state index in [-0.39, 0.29) is 0 Å². The van der Waals surface area contributed by atoms with Crippen LogP contribution < -0.4 is 4.74 Å². The topological polar surface area (TPSA) is 38.8 Å². The Kier molecular flexibility index (Phi) is 4.52. The summed E-state index contributed by atoms with van der Waals surface area (Å²) < 4.78 is 24.0. The van der Waals surface area contributed by atoms with Crippen LogP contribution in [0.1, 0.15) is 5.56 Å². The molecule has 1 heterocycles. The molecule has 2 rings (SSSR count). The van der Waals surface area contributed by atoms with Gasteiger partial charge in [0.2, 0.25) is 0 Å². The third-order valence-corrected chi connectivity index (χ3v) is 2.91. The summed E-state index contributed by atoms with van der Waals surface area (Å²) in [6.07, 6.45) is 1.23. The Labute approximate surface area is 111 Å². The average molecular weight is 265 g/mol. The van der Waals surface area contributed by atoms with Gasteiger partial charge in [0.25, 0.3) is 5.91 Å². The van der Waals surface area contributed by atoms with Crippen LogP contribution >= 0.6 is 0 Å². The van der Waals surface area contributed by atoms with E-state index in [1.807, 2.05) is 0 Å². The van der Waals surface area contributed by atoms with Gasteiger partial charge in [-0.1, -0.05) is 12.1 Å². The number of carbonyl (C=O) groups is 1. The van der Waals surface area contributed by atoms with E-state index < -0.39 is 11.7 Å². The van der Waals surface area contributed by atoms with E-state index in [0.29, 0.717) is 37.6 Å². The summed E-state index contributed by atoms with van der Waals surface area (Å²) in [5.74, 6) is -0.650. The van der Waals surface area contributed by atoms with E-state index in [0.717, 1.165) is 0 Å². The third-order valence-electron chi connectivity index (χ3n) is 2.91. The Balaban J connectivity index is 2.05. The lowest BCUT2D eigenvalue weighted by Gasteiger charge is -2.26. The summed E-state index contributed by atoms with van der Waals surface area (Å²) in [4.78, 5) is 13.3. The smallest absolute Gasteiger partial charge is 0.282 e. The molecule has 1 fully saturated rings. The van der Waals surface area contributed by atoms with Crippen LogP contribution in [0.3, 0.4) is 0 Å². The Morgan fingerprint density at radius 3 is 2.53 bits per heavy atom. The number of ether oxygens (including phenoxy) is 2. The number of rotatable bonds is 3. The molecule has 1 aromatic carbocycles. The lowest BCUT2D eigenvalue weighted by molar-refractivity contribution is -0.132. The summed E-state index contributed by atoms with van der Waals surface area (Å²) in [5.41, 5.74) is 0.625. The number of hydrogen-bond donors (Lipinski definition) is 0. The molecule has 102 valence electrons.